The lowest BCUT2D eigenvalue weighted by Gasteiger charge is -2.19. The van der Waals surface area contributed by atoms with E-state index in [9.17, 15) is 10.2 Å². The summed E-state index contributed by atoms with van der Waals surface area (Å²) in [6.45, 7) is 0.952. The van der Waals surface area contributed by atoms with Crippen LogP contribution in [0.25, 0.3) is 0 Å². The maximum atomic E-state index is 10.6. The van der Waals surface area contributed by atoms with Crippen LogP contribution in [0.3, 0.4) is 0 Å². The van der Waals surface area contributed by atoms with E-state index in [1.165, 1.54) is 0 Å². The van der Waals surface area contributed by atoms with E-state index >= 15 is 0 Å². The number of hydrogen-bond acceptors (Lipinski definition) is 4. The summed E-state index contributed by atoms with van der Waals surface area (Å²) in [6, 6.07) is 34.1. The average Bonchev–Trinajstić information content (AvgIpc) is 2.87. The fourth-order valence-corrected chi connectivity index (χ4v) is 3.37. The Morgan fingerprint density at radius 3 is 1.16 bits per heavy atom. The molecule has 32 heavy (non-hydrogen) atoms. The Labute approximate surface area is 188 Å². The van der Waals surface area contributed by atoms with Gasteiger partial charge >= 0.3 is 0 Å². The second-order valence-corrected chi connectivity index (χ2v) is 7.58. The van der Waals surface area contributed by atoms with Crippen molar-refractivity contribution in [2.45, 2.75) is 25.4 Å². The van der Waals surface area contributed by atoms with Gasteiger partial charge in [-0.05, 0) is 46.5 Å². The highest BCUT2D eigenvalue weighted by Crippen LogP contribution is 2.30. The van der Waals surface area contributed by atoms with Gasteiger partial charge in [0, 0.05) is 0 Å². The van der Waals surface area contributed by atoms with Gasteiger partial charge in [-0.1, -0.05) is 84.9 Å². The van der Waals surface area contributed by atoms with Crippen molar-refractivity contribution in [3.8, 4) is 11.5 Å². The molecule has 2 atom stereocenters. The molecule has 0 spiro atoms. The Hall–Kier alpha value is -3.60. The summed E-state index contributed by atoms with van der Waals surface area (Å²) in [6.07, 6.45) is -2.09. The van der Waals surface area contributed by atoms with Crippen LogP contribution in [0, 0.1) is 0 Å². The summed E-state index contributed by atoms with van der Waals surface area (Å²) in [5.74, 6) is 1.42. The number of aliphatic hydroxyl groups excluding tert-OH is 2. The highest BCUT2D eigenvalue weighted by Gasteiger charge is 2.20. The van der Waals surface area contributed by atoms with E-state index in [0.717, 1.165) is 11.1 Å². The number of rotatable bonds is 9. The van der Waals surface area contributed by atoms with E-state index in [1.54, 1.807) is 48.5 Å². The summed E-state index contributed by atoms with van der Waals surface area (Å²) in [5, 5.41) is 21.3. The second-order valence-electron chi connectivity index (χ2n) is 7.58. The molecule has 0 heterocycles. The van der Waals surface area contributed by atoms with Crippen LogP contribution in [0.5, 0.6) is 11.5 Å². The molecule has 0 bridgehead atoms. The highest BCUT2D eigenvalue weighted by molar-refractivity contribution is 5.33. The van der Waals surface area contributed by atoms with Gasteiger partial charge in [0.15, 0.2) is 0 Å². The normalized spacial score (nSPS) is 12.7. The van der Waals surface area contributed by atoms with Crippen molar-refractivity contribution in [1.82, 2.24) is 0 Å². The molecule has 0 aliphatic carbocycles. The number of ether oxygens (including phenoxy) is 2. The summed E-state index contributed by atoms with van der Waals surface area (Å²) in [5.41, 5.74) is 3.41. The van der Waals surface area contributed by atoms with Crippen molar-refractivity contribution in [2.24, 2.45) is 0 Å². The lowest BCUT2D eigenvalue weighted by molar-refractivity contribution is 0.0172. The van der Waals surface area contributed by atoms with Crippen molar-refractivity contribution in [3.63, 3.8) is 0 Å². The Balaban J connectivity index is 1.32. The topological polar surface area (TPSA) is 58.9 Å². The molecule has 0 fully saturated rings. The van der Waals surface area contributed by atoms with Gasteiger partial charge in [-0.3, -0.25) is 0 Å². The lowest BCUT2D eigenvalue weighted by Crippen LogP contribution is -2.10. The Morgan fingerprint density at radius 1 is 0.469 bits per heavy atom. The van der Waals surface area contributed by atoms with Crippen LogP contribution < -0.4 is 9.47 Å². The minimum absolute atomic E-state index is 0.476. The first kappa shape index (κ1) is 21.6. The van der Waals surface area contributed by atoms with Gasteiger partial charge in [-0.2, -0.15) is 0 Å². The van der Waals surface area contributed by atoms with Gasteiger partial charge in [0.05, 0.1) is 0 Å². The van der Waals surface area contributed by atoms with Crippen LogP contribution in [-0.2, 0) is 13.2 Å². The first-order valence-corrected chi connectivity index (χ1v) is 10.6. The van der Waals surface area contributed by atoms with Gasteiger partial charge in [0.1, 0.15) is 36.9 Å². The third kappa shape index (κ3) is 5.76. The van der Waals surface area contributed by atoms with Crippen LogP contribution in [0.2, 0.25) is 0 Å². The highest BCUT2D eigenvalue weighted by atomic mass is 16.5. The molecule has 2 N–H and O–H groups in total. The first-order chi connectivity index (χ1) is 15.7. The molecular formula is C28H26O4. The first-order valence-electron chi connectivity index (χ1n) is 10.6. The molecule has 0 saturated heterocycles. The molecule has 0 saturated carbocycles. The number of aliphatic hydroxyl groups is 2. The van der Waals surface area contributed by atoms with Crippen molar-refractivity contribution in [3.05, 3.63) is 131 Å². The fraction of sp³-hybridized carbons (Fsp3) is 0.143. The quantitative estimate of drug-likeness (QED) is 0.365. The van der Waals surface area contributed by atoms with E-state index in [-0.39, 0.29) is 0 Å². The SMILES string of the molecule is OC(c1ccc(OCc2ccccc2)cc1)C(O)c1ccc(OCc2ccccc2)cc1. The molecule has 162 valence electrons. The maximum absolute atomic E-state index is 10.6. The fourth-order valence-electron chi connectivity index (χ4n) is 3.37. The molecule has 4 rings (SSSR count). The van der Waals surface area contributed by atoms with Crippen LogP contribution in [0.15, 0.2) is 109 Å². The molecule has 4 heteroatoms. The maximum Gasteiger partial charge on any atom is 0.119 e. The molecule has 4 nitrogen and oxygen atoms in total. The lowest BCUT2D eigenvalue weighted by atomic mass is 9.98. The van der Waals surface area contributed by atoms with Crippen molar-refractivity contribution < 1.29 is 19.7 Å². The molecular weight excluding hydrogens is 400 g/mol. The molecule has 4 aromatic rings. The monoisotopic (exact) mass is 426 g/mol. The third-order valence-corrected chi connectivity index (χ3v) is 5.24. The summed E-state index contributed by atoms with van der Waals surface area (Å²) >= 11 is 0. The summed E-state index contributed by atoms with van der Waals surface area (Å²) in [4.78, 5) is 0. The number of hydrogen-bond donors (Lipinski definition) is 2. The molecule has 4 aromatic carbocycles. The van der Waals surface area contributed by atoms with E-state index in [0.29, 0.717) is 35.8 Å². The molecule has 2 unspecified atom stereocenters. The van der Waals surface area contributed by atoms with Crippen LogP contribution in [0.1, 0.15) is 34.5 Å². The van der Waals surface area contributed by atoms with Crippen LogP contribution >= 0.6 is 0 Å². The van der Waals surface area contributed by atoms with Gasteiger partial charge in [0.25, 0.3) is 0 Å². The van der Waals surface area contributed by atoms with Crippen molar-refractivity contribution in [2.75, 3.05) is 0 Å². The molecule has 0 amide bonds. The molecule has 0 aliphatic heterocycles. The predicted octanol–water partition coefficient (Wildman–Crippen LogP) is 5.61. The second kappa shape index (κ2) is 10.6. The molecule has 0 aliphatic rings. The number of benzene rings is 4. The third-order valence-electron chi connectivity index (χ3n) is 5.24. The smallest absolute Gasteiger partial charge is 0.119 e. The van der Waals surface area contributed by atoms with Gasteiger partial charge < -0.3 is 19.7 Å². The zero-order valence-corrected chi connectivity index (χ0v) is 17.7. The van der Waals surface area contributed by atoms with Crippen molar-refractivity contribution in [1.29, 1.82) is 0 Å². The van der Waals surface area contributed by atoms with E-state index in [4.69, 9.17) is 9.47 Å². The van der Waals surface area contributed by atoms with Gasteiger partial charge in [-0.15, -0.1) is 0 Å². The van der Waals surface area contributed by atoms with Gasteiger partial charge in [-0.25, -0.2) is 0 Å². The summed E-state index contributed by atoms with van der Waals surface area (Å²) in [7, 11) is 0. The minimum Gasteiger partial charge on any atom is -0.489 e. The predicted molar refractivity (Wildman–Crippen MR) is 124 cm³/mol. The Bertz CT molecular complexity index is 987. The van der Waals surface area contributed by atoms with Crippen LogP contribution in [-0.4, -0.2) is 10.2 Å². The average molecular weight is 427 g/mol. The van der Waals surface area contributed by atoms with E-state index in [1.807, 2.05) is 60.7 Å². The van der Waals surface area contributed by atoms with Gasteiger partial charge in [0.2, 0.25) is 0 Å². The largest absolute Gasteiger partial charge is 0.489 e. The van der Waals surface area contributed by atoms with Crippen LogP contribution in [0.4, 0.5) is 0 Å². The Morgan fingerprint density at radius 2 is 0.812 bits per heavy atom. The molecule has 0 aromatic heterocycles. The zero-order valence-electron chi connectivity index (χ0n) is 17.7. The summed E-state index contributed by atoms with van der Waals surface area (Å²) < 4.78 is 11.6. The van der Waals surface area contributed by atoms with Crippen molar-refractivity contribution >= 4 is 0 Å². The van der Waals surface area contributed by atoms with E-state index < -0.39 is 12.2 Å². The minimum atomic E-state index is -1.05. The van der Waals surface area contributed by atoms with E-state index in [2.05, 4.69) is 0 Å². The zero-order chi connectivity index (χ0) is 22.2. The Kier molecular flexibility index (Phi) is 7.18. The molecule has 0 radical (unpaired) electrons. The standard InChI is InChI=1S/C28H26O4/c29-27(23-11-15-25(16-12-23)31-19-21-7-3-1-4-8-21)28(30)24-13-17-26(18-14-24)32-20-22-9-5-2-6-10-22/h1-18,27-30H,19-20H2.